The summed E-state index contributed by atoms with van der Waals surface area (Å²) >= 11 is 1.98. The van der Waals surface area contributed by atoms with Gasteiger partial charge in [-0.15, -0.1) is 11.3 Å². The molecule has 2 nitrogen and oxygen atoms in total. The zero-order valence-corrected chi connectivity index (χ0v) is 14.6. The van der Waals surface area contributed by atoms with Crippen molar-refractivity contribution >= 4 is 11.3 Å². The quantitative estimate of drug-likeness (QED) is 0.799. The van der Waals surface area contributed by atoms with Crippen LogP contribution in [0.2, 0.25) is 0 Å². The van der Waals surface area contributed by atoms with E-state index in [4.69, 9.17) is 4.98 Å². The first-order valence-corrected chi connectivity index (χ1v) is 9.02. The van der Waals surface area contributed by atoms with E-state index in [0.29, 0.717) is 11.8 Å². The summed E-state index contributed by atoms with van der Waals surface area (Å²) in [4.78, 5) is 6.59. The molecule has 0 aromatic carbocycles. The lowest BCUT2D eigenvalue weighted by Gasteiger charge is -2.36. The number of aromatic nitrogens is 1. The van der Waals surface area contributed by atoms with Gasteiger partial charge in [0, 0.05) is 4.88 Å². The molecule has 1 aromatic rings. The highest BCUT2D eigenvalue weighted by Gasteiger charge is 2.37. The summed E-state index contributed by atoms with van der Waals surface area (Å²) in [7, 11) is 0. The Balaban J connectivity index is 2.35. The van der Waals surface area contributed by atoms with Crippen molar-refractivity contribution < 1.29 is 0 Å². The Morgan fingerprint density at radius 3 is 2.30 bits per heavy atom. The van der Waals surface area contributed by atoms with Gasteiger partial charge in [-0.1, -0.05) is 34.6 Å². The molecule has 0 aliphatic heterocycles. The summed E-state index contributed by atoms with van der Waals surface area (Å²) in [5.74, 6) is 1.37. The van der Waals surface area contributed by atoms with Crippen molar-refractivity contribution in [1.82, 2.24) is 10.3 Å². The molecule has 3 heteroatoms. The molecule has 0 fully saturated rings. The normalized spacial score (nSPS) is 15.3. The first kappa shape index (κ1) is 16.0. The van der Waals surface area contributed by atoms with Gasteiger partial charge in [0.05, 0.1) is 11.2 Å². The van der Waals surface area contributed by atoms with Gasteiger partial charge in [-0.3, -0.25) is 0 Å². The molecular weight excluding hydrogens is 264 g/mol. The van der Waals surface area contributed by atoms with Gasteiger partial charge in [0.15, 0.2) is 0 Å². The Morgan fingerprint density at radius 1 is 1.15 bits per heavy atom. The number of nitrogens with zero attached hydrogens (tertiary/aromatic N) is 1. The van der Waals surface area contributed by atoms with Gasteiger partial charge in [0.2, 0.25) is 0 Å². The van der Waals surface area contributed by atoms with E-state index in [1.165, 1.54) is 42.8 Å². The summed E-state index contributed by atoms with van der Waals surface area (Å²) in [5.41, 5.74) is 1.48. The maximum absolute atomic E-state index is 5.04. The van der Waals surface area contributed by atoms with Crippen molar-refractivity contribution in [3.63, 3.8) is 0 Å². The van der Waals surface area contributed by atoms with E-state index in [2.05, 4.69) is 39.9 Å². The van der Waals surface area contributed by atoms with Crippen LogP contribution >= 0.6 is 11.3 Å². The zero-order valence-electron chi connectivity index (χ0n) is 13.8. The molecule has 1 aromatic heterocycles. The highest BCUT2D eigenvalue weighted by Crippen LogP contribution is 2.40. The molecule has 114 valence electrons. The molecule has 1 aliphatic rings. The number of rotatable bonds is 7. The lowest BCUT2D eigenvalue weighted by Crippen LogP contribution is -2.44. The number of fused-ring (bicyclic) bond motifs is 1. The van der Waals surface area contributed by atoms with E-state index < -0.39 is 0 Å². The van der Waals surface area contributed by atoms with Crippen molar-refractivity contribution in [3.8, 4) is 0 Å². The zero-order chi connectivity index (χ0) is 14.8. The predicted octanol–water partition coefficient (Wildman–Crippen LogP) is 4.53. The fourth-order valence-corrected chi connectivity index (χ4v) is 4.94. The Hall–Kier alpha value is -0.410. The van der Waals surface area contributed by atoms with Crippen molar-refractivity contribution in [2.24, 2.45) is 11.8 Å². The molecule has 1 aliphatic carbocycles. The third-order valence-electron chi connectivity index (χ3n) is 4.03. The van der Waals surface area contributed by atoms with E-state index in [9.17, 15) is 0 Å². The fourth-order valence-electron chi connectivity index (χ4n) is 3.61. The van der Waals surface area contributed by atoms with Gasteiger partial charge in [-0.05, 0) is 50.5 Å². The highest BCUT2D eigenvalue weighted by molar-refractivity contribution is 7.12. The summed E-state index contributed by atoms with van der Waals surface area (Å²) in [6.07, 6.45) is 6.11. The van der Waals surface area contributed by atoms with Crippen LogP contribution in [0.1, 0.15) is 69.5 Å². The van der Waals surface area contributed by atoms with Crippen molar-refractivity contribution in [3.05, 3.63) is 15.6 Å². The third kappa shape index (κ3) is 3.43. The van der Waals surface area contributed by atoms with E-state index in [1.54, 1.807) is 4.88 Å². The second-order valence-electron chi connectivity index (χ2n) is 7.05. The summed E-state index contributed by atoms with van der Waals surface area (Å²) in [5, 5.41) is 5.16. The molecule has 1 heterocycles. The minimum absolute atomic E-state index is 0.0894. The van der Waals surface area contributed by atoms with Crippen LogP contribution in [0.4, 0.5) is 0 Å². The van der Waals surface area contributed by atoms with Crippen LogP contribution in [0, 0.1) is 11.8 Å². The van der Waals surface area contributed by atoms with Crippen LogP contribution in [-0.2, 0) is 18.4 Å². The molecule has 1 N–H and O–H groups in total. The molecule has 0 unspecified atom stereocenters. The molecule has 2 rings (SSSR count). The number of hydrogen-bond donors (Lipinski definition) is 1. The summed E-state index contributed by atoms with van der Waals surface area (Å²) < 4.78 is 0. The van der Waals surface area contributed by atoms with Gasteiger partial charge in [-0.2, -0.15) is 0 Å². The van der Waals surface area contributed by atoms with Crippen LogP contribution in [0.25, 0.3) is 0 Å². The lowest BCUT2D eigenvalue weighted by atomic mass is 9.82. The molecule has 0 bridgehead atoms. The van der Waals surface area contributed by atoms with Gasteiger partial charge >= 0.3 is 0 Å². The molecule has 0 saturated heterocycles. The second kappa shape index (κ2) is 6.57. The van der Waals surface area contributed by atoms with Crippen molar-refractivity contribution in [2.75, 3.05) is 6.54 Å². The lowest BCUT2D eigenvalue weighted by molar-refractivity contribution is 0.227. The molecule has 20 heavy (non-hydrogen) atoms. The molecule has 0 spiro atoms. The van der Waals surface area contributed by atoms with Gasteiger partial charge < -0.3 is 5.32 Å². The summed E-state index contributed by atoms with van der Waals surface area (Å²) in [6.45, 7) is 12.5. The van der Waals surface area contributed by atoms with Crippen LogP contribution in [0.15, 0.2) is 0 Å². The molecule has 0 amide bonds. The largest absolute Gasteiger partial charge is 0.306 e. The second-order valence-corrected chi connectivity index (χ2v) is 8.13. The third-order valence-corrected chi connectivity index (χ3v) is 5.40. The van der Waals surface area contributed by atoms with Gasteiger partial charge in [0.1, 0.15) is 5.01 Å². The maximum atomic E-state index is 5.04. The SMILES string of the molecule is CCNC(CC(C)C)(CC(C)C)c1nc2c(s1)CCC2. The minimum Gasteiger partial charge on any atom is -0.306 e. The summed E-state index contributed by atoms with van der Waals surface area (Å²) in [6, 6.07) is 0. The highest BCUT2D eigenvalue weighted by atomic mass is 32.1. The fraction of sp³-hybridized carbons (Fsp3) is 0.824. The number of aryl methyl sites for hydroxylation is 2. The van der Waals surface area contributed by atoms with E-state index in [1.807, 2.05) is 11.3 Å². The Morgan fingerprint density at radius 2 is 1.80 bits per heavy atom. The van der Waals surface area contributed by atoms with E-state index >= 15 is 0 Å². The Bertz CT molecular complexity index is 403. The first-order chi connectivity index (χ1) is 9.47. The smallest absolute Gasteiger partial charge is 0.113 e. The standard InChI is InChI=1S/C17H30N2S/c1-6-18-17(10-12(2)3,11-13(4)5)16-19-14-8-7-9-15(14)20-16/h12-13,18H,6-11H2,1-5H3. The Labute approximate surface area is 128 Å². The average Bonchev–Trinajstić information content (AvgIpc) is 2.86. The maximum Gasteiger partial charge on any atom is 0.113 e. The monoisotopic (exact) mass is 294 g/mol. The number of nitrogens with one attached hydrogen (secondary N) is 1. The minimum atomic E-state index is 0.0894. The van der Waals surface area contributed by atoms with E-state index in [-0.39, 0.29) is 5.54 Å². The average molecular weight is 295 g/mol. The van der Waals surface area contributed by atoms with Crippen LogP contribution in [-0.4, -0.2) is 11.5 Å². The molecular formula is C17H30N2S. The number of thiazole rings is 1. The number of hydrogen-bond acceptors (Lipinski definition) is 3. The van der Waals surface area contributed by atoms with Gasteiger partial charge in [0.25, 0.3) is 0 Å². The first-order valence-electron chi connectivity index (χ1n) is 8.21. The van der Waals surface area contributed by atoms with Gasteiger partial charge in [-0.25, -0.2) is 4.98 Å². The van der Waals surface area contributed by atoms with E-state index in [0.717, 1.165) is 6.54 Å². The molecule has 0 atom stereocenters. The van der Waals surface area contributed by atoms with Crippen LogP contribution < -0.4 is 5.32 Å². The van der Waals surface area contributed by atoms with Crippen molar-refractivity contribution in [2.45, 2.75) is 72.3 Å². The van der Waals surface area contributed by atoms with Crippen molar-refractivity contribution in [1.29, 1.82) is 0 Å². The molecule has 0 saturated carbocycles. The molecule has 0 radical (unpaired) electrons. The predicted molar refractivity (Wildman–Crippen MR) is 88.4 cm³/mol. The van der Waals surface area contributed by atoms with Crippen LogP contribution in [0.5, 0.6) is 0 Å². The van der Waals surface area contributed by atoms with Crippen LogP contribution in [0.3, 0.4) is 0 Å². The Kier molecular flexibility index (Phi) is 5.25. The topological polar surface area (TPSA) is 24.9 Å².